The predicted molar refractivity (Wildman–Crippen MR) is 86.4 cm³/mol. The van der Waals surface area contributed by atoms with Gasteiger partial charge in [-0.15, -0.1) is 0 Å². The molecule has 1 heterocycles. The van der Waals surface area contributed by atoms with Crippen molar-refractivity contribution < 1.29 is 4.79 Å². The van der Waals surface area contributed by atoms with Crippen LogP contribution in [0.4, 0.5) is 0 Å². The van der Waals surface area contributed by atoms with Gasteiger partial charge in [-0.05, 0) is 57.7 Å². The predicted octanol–water partition coefficient (Wildman–Crippen LogP) is 4.01. The van der Waals surface area contributed by atoms with E-state index in [2.05, 4.69) is 43.0 Å². The van der Waals surface area contributed by atoms with Crippen LogP contribution in [0.25, 0.3) is 0 Å². The largest absolute Gasteiger partial charge is 0.297 e. The molecule has 1 saturated carbocycles. The molecule has 0 N–H and O–H groups in total. The molecule has 0 bridgehead atoms. The summed E-state index contributed by atoms with van der Waals surface area (Å²) in [5, 5.41) is 0. The van der Waals surface area contributed by atoms with Crippen LogP contribution in [0.2, 0.25) is 0 Å². The van der Waals surface area contributed by atoms with Gasteiger partial charge in [0.15, 0.2) is 5.78 Å². The van der Waals surface area contributed by atoms with E-state index in [1.165, 1.54) is 31.2 Å². The number of carbonyl (C=O) groups is 1. The van der Waals surface area contributed by atoms with Crippen LogP contribution in [0.1, 0.15) is 57.4 Å². The molecule has 2 fully saturated rings. The number of hydrogen-bond donors (Lipinski definition) is 0. The molecule has 1 aliphatic carbocycles. The topological polar surface area (TPSA) is 20.3 Å². The first-order chi connectivity index (χ1) is 10.1. The number of rotatable bonds is 4. The molecule has 0 radical (unpaired) electrons. The molecule has 1 saturated heterocycles. The van der Waals surface area contributed by atoms with E-state index in [0.717, 1.165) is 19.5 Å². The van der Waals surface area contributed by atoms with Gasteiger partial charge >= 0.3 is 0 Å². The van der Waals surface area contributed by atoms with Crippen LogP contribution in [0.15, 0.2) is 30.3 Å². The third-order valence-electron chi connectivity index (χ3n) is 5.35. The zero-order chi connectivity index (χ0) is 14.9. The molecule has 2 aliphatic rings. The molecule has 0 aromatic heterocycles. The molecule has 21 heavy (non-hydrogen) atoms. The van der Waals surface area contributed by atoms with E-state index in [9.17, 15) is 4.79 Å². The molecular formula is C19H27NO. The number of likely N-dealkylation sites (tertiary alicyclic amines) is 1. The lowest BCUT2D eigenvalue weighted by Crippen LogP contribution is -2.51. The third-order valence-corrected chi connectivity index (χ3v) is 5.35. The summed E-state index contributed by atoms with van der Waals surface area (Å²) in [6, 6.07) is 10.5. The van der Waals surface area contributed by atoms with E-state index in [1.54, 1.807) is 0 Å². The van der Waals surface area contributed by atoms with Crippen LogP contribution in [0.5, 0.6) is 0 Å². The normalized spacial score (nSPS) is 27.1. The van der Waals surface area contributed by atoms with Crippen molar-refractivity contribution in [3.63, 3.8) is 0 Å². The van der Waals surface area contributed by atoms with Crippen molar-refractivity contribution in [1.29, 1.82) is 0 Å². The van der Waals surface area contributed by atoms with E-state index in [-0.39, 0.29) is 11.5 Å². The molecule has 1 aromatic rings. The molecule has 2 nitrogen and oxygen atoms in total. The Balaban J connectivity index is 1.67. The maximum absolute atomic E-state index is 13.0. The van der Waals surface area contributed by atoms with Gasteiger partial charge in [0.1, 0.15) is 0 Å². The van der Waals surface area contributed by atoms with E-state index >= 15 is 0 Å². The monoisotopic (exact) mass is 285 g/mol. The molecule has 2 atom stereocenters. The SMILES string of the molecule is CC(C)(C(=O)C1CC1c1ccccc1)N1CCCCCC1. The van der Waals surface area contributed by atoms with Crippen molar-refractivity contribution in [3.8, 4) is 0 Å². The second-order valence-corrected chi connectivity index (χ2v) is 7.18. The Bertz CT molecular complexity index is 486. The summed E-state index contributed by atoms with van der Waals surface area (Å²) in [4.78, 5) is 15.4. The van der Waals surface area contributed by atoms with Crippen molar-refractivity contribution >= 4 is 5.78 Å². The Labute approximate surface area is 128 Å². The minimum absolute atomic E-state index is 0.241. The number of hydrogen-bond acceptors (Lipinski definition) is 2. The van der Waals surface area contributed by atoms with Crippen molar-refractivity contribution in [1.82, 2.24) is 4.90 Å². The first-order valence-corrected chi connectivity index (χ1v) is 8.45. The molecule has 0 amide bonds. The molecular weight excluding hydrogens is 258 g/mol. The summed E-state index contributed by atoms with van der Waals surface area (Å²) in [6.45, 7) is 6.45. The van der Waals surface area contributed by atoms with E-state index in [1.807, 2.05) is 6.07 Å². The minimum Gasteiger partial charge on any atom is -0.297 e. The second-order valence-electron chi connectivity index (χ2n) is 7.18. The standard InChI is InChI=1S/C19H27NO/c1-19(2,20-12-8-3-4-9-13-20)18(21)17-14-16(17)15-10-6-5-7-11-15/h5-7,10-11,16-17H,3-4,8-9,12-14H2,1-2H3. The van der Waals surface area contributed by atoms with Gasteiger partial charge in [-0.2, -0.15) is 0 Å². The highest BCUT2D eigenvalue weighted by molar-refractivity contribution is 5.92. The Morgan fingerprint density at radius 1 is 1.05 bits per heavy atom. The third kappa shape index (κ3) is 3.06. The Morgan fingerprint density at radius 2 is 1.67 bits per heavy atom. The molecule has 1 aromatic carbocycles. The van der Waals surface area contributed by atoms with Crippen molar-refractivity contribution in [3.05, 3.63) is 35.9 Å². The van der Waals surface area contributed by atoms with Crippen LogP contribution in [-0.4, -0.2) is 29.3 Å². The number of nitrogens with zero attached hydrogens (tertiary/aromatic N) is 1. The summed E-state index contributed by atoms with van der Waals surface area (Å²) in [6.07, 6.45) is 6.15. The van der Waals surface area contributed by atoms with Crippen LogP contribution >= 0.6 is 0 Å². The summed E-state index contributed by atoms with van der Waals surface area (Å²) in [7, 11) is 0. The van der Waals surface area contributed by atoms with Gasteiger partial charge in [-0.3, -0.25) is 9.69 Å². The van der Waals surface area contributed by atoms with Gasteiger partial charge in [-0.25, -0.2) is 0 Å². The highest BCUT2D eigenvalue weighted by atomic mass is 16.1. The van der Waals surface area contributed by atoms with Crippen LogP contribution in [-0.2, 0) is 4.79 Å². The summed E-state index contributed by atoms with van der Waals surface area (Å²) in [5.41, 5.74) is 1.04. The van der Waals surface area contributed by atoms with Crippen molar-refractivity contribution in [2.24, 2.45) is 5.92 Å². The van der Waals surface area contributed by atoms with E-state index in [0.29, 0.717) is 11.7 Å². The quantitative estimate of drug-likeness (QED) is 0.833. The summed E-state index contributed by atoms with van der Waals surface area (Å²) in [5.74, 6) is 1.16. The zero-order valence-corrected chi connectivity index (χ0v) is 13.3. The molecule has 114 valence electrons. The Morgan fingerprint density at radius 3 is 2.29 bits per heavy atom. The van der Waals surface area contributed by atoms with Crippen LogP contribution in [0.3, 0.4) is 0 Å². The summed E-state index contributed by atoms with van der Waals surface area (Å²) >= 11 is 0. The smallest absolute Gasteiger partial charge is 0.156 e. The average Bonchev–Trinajstić information content (AvgIpc) is 3.31. The Kier molecular flexibility index (Phi) is 4.17. The van der Waals surface area contributed by atoms with E-state index in [4.69, 9.17) is 0 Å². The summed E-state index contributed by atoms with van der Waals surface area (Å²) < 4.78 is 0. The fraction of sp³-hybridized carbons (Fsp3) is 0.632. The van der Waals surface area contributed by atoms with Crippen molar-refractivity contribution in [2.45, 2.75) is 57.4 Å². The first kappa shape index (κ1) is 14.8. The lowest BCUT2D eigenvalue weighted by Gasteiger charge is -2.37. The maximum Gasteiger partial charge on any atom is 0.156 e. The van der Waals surface area contributed by atoms with Gasteiger partial charge < -0.3 is 0 Å². The van der Waals surface area contributed by atoms with Crippen LogP contribution in [0, 0.1) is 5.92 Å². The van der Waals surface area contributed by atoms with Crippen LogP contribution < -0.4 is 0 Å². The fourth-order valence-electron chi connectivity index (χ4n) is 3.79. The van der Waals surface area contributed by atoms with E-state index < -0.39 is 0 Å². The van der Waals surface area contributed by atoms with Gasteiger partial charge in [0, 0.05) is 5.92 Å². The molecule has 1 aliphatic heterocycles. The maximum atomic E-state index is 13.0. The number of carbonyl (C=O) groups excluding carboxylic acids is 1. The fourth-order valence-corrected chi connectivity index (χ4v) is 3.79. The molecule has 2 heteroatoms. The average molecular weight is 285 g/mol. The van der Waals surface area contributed by atoms with Gasteiger partial charge in [0.2, 0.25) is 0 Å². The minimum atomic E-state index is -0.293. The second kappa shape index (κ2) is 5.92. The highest BCUT2D eigenvalue weighted by Gasteiger charge is 2.50. The first-order valence-electron chi connectivity index (χ1n) is 8.45. The lowest BCUT2D eigenvalue weighted by molar-refractivity contribution is -0.130. The molecule has 2 unspecified atom stereocenters. The zero-order valence-electron chi connectivity index (χ0n) is 13.3. The Hall–Kier alpha value is -1.15. The van der Waals surface area contributed by atoms with Crippen molar-refractivity contribution in [2.75, 3.05) is 13.1 Å². The molecule has 3 rings (SSSR count). The highest BCUT2D eigenvalue weighted by Crippen LogP contribution is 2.50. The number of Topliss-reactive ketones (excluding diaryl/α,β-unsaturated/α-hetero) is 1. The molecule has 0 spiro atoms. The number of ketones is 1. The van der Waals surface area contributed by atoms with Gasteiger partial charge in [0.05, 0.1) is 5.54 Å². The number of benzene rings is 1. The van der Waals surface area contributed by atoms with Gasteiger partial charge in [-0.1, -0.05) is 43.2 Å². The lowest BCUT2D eigenvalue weighted by atomic mass is 9.91. The van der Waals surface area contributed by atoms with Gasteiger partial charge in [0.25, 0.3) is 0 Å².